The molecular formula is C10H6F3NO3. The SMILES string of the molecule is O=c1cc(O)c2cccc(OC(F)(F)F)c2[nH]1. The zero-order valence-corrected chi connectivity index (χ0v) is 8.21. The van der Waals surface area contributed by atoms with Crippen LogP contribution in [0.4, 0.5) is 13.2 Å². The fraction of sp³-hybridized carbons (Fsp3) is 0.100. The van der Waals surface area contributed by atoms with E-state index in [4.69, 9.17) is 0 Å². The number of fused-ring (bicyclic) bond motifs is 1. The van der Waals surface area contributed by atoms with E-state index in [1.165, 1.54) is 12.1 Å². The second kappa shape index (κ2) is 3.69. The molecule has 0 spiro atoms. The Bertz CT molecular complexity index is 618. The van der Waals surface area contributed by atoms with Crippen molar-refractivity contribution in [2.45, 2.75) is 6.36 Å². The molecule has 17 heavy (non-hydrogen) atoms. The van der Waals surface area contributed by atoms with Crippen molar-refractivity contribution in [3.05, 3.63) is 34.6 Å². The molecule has 1 heterocycles. The number of benzene rings is 1. The summed E-state index contributed by atoms with van der Waals surface area (Å²) in [5.74, 6) is -0.973. The molecule has 2 aromatic rings. The molecule has 0 unspecified atom stereocenters. The van der Waals surface area contributed by atoms with Gasteiger partial charge in [-0.25, -0.2) is 0 Å². The summed E-state index contributed by atoms with van der Waals surface area (Å²) in [6, 6.07) is 4.57. The first kappa shape index (κ1) is 11.3. The highest BCUT2D eigenvalue weighted by Crippen LogP contribution is 2.31. The summed E-state index contributed by atoms with van der Waals surface area (Å²) in [6.45, 7) is 0. The summed E-state index contributed by atoms with van der Waals surface area (Å²) >= 11 is 0. The average molecular weight is 245 g/mol. The maximum absolute atomic E-state index is 12.1. The Balaban J connectivity index is 2.69. The van der Waals surface area contributed by atoms with Gasteiger partial charge >= 0.3 is 6.36 Å². The van der Waals surface area contributed by atoms with Crippen LogP contribution in [0.2, 0.25) is 0 Å². The third-order valence-electron chi connectivity index (χ3n) is 2.04. The van der Waals surface area contributed by atoms with Crippen LogP contribution < -0.4 is 10.3 Å². The van der Waals surface area contributed by atoms with E-state index in [9.17, 15) is 23.1 Å². The molecule has 2 rings (SSSR count). The standard InChI is InChI=1S/C10H6F3NO3/c11-10(12,13)17-7-3-1-2-5-6(15)4-8(16)14-9(5)7/h1-4H,(H2,14,15,16). The first-order chi connectivity index (χ1) is 7.87. The van der Waals surface area contributed by atoms with Crippen molar-refractivity contribution in [1.29, 1.82) is 0 Å². The molecule has 0 aliphatic carbocycles. The Morgan fingerprint density at radius 3 is 2.65 bits per heavy atom. The maximum Gasteiger partial charge on any atom is 0.573 e. The van der Waals surface area contributed by atoms with E-state index in [0.717, 1.165) is 12.1 Å². The molecule has 2 N–H and O–H groups in total. The number of hydrogen-bond acceptors (Lipinski definition) is 3. The van der Waals surface area contributed by atoms with E-state index >= 15 is 0 Å². The van der Waals surface area contributed by atoms with Gasteiger partial charge in [0, 0.05) is 11.5 Å². The lowest BCUT2D eigenvalue weighted by molar-refractivity contribution is -0.274. The molecule has 0 saturated heterocycles. The Labute approximate surface area is 92.3 Å². The van der Waals surface area contributed by atoms with Gasteiger partial charge in [-0.05, 0) is 12.1 Å². The zero-order valence-electron chi connectivity index (χ0n) is 8.21. The Hall–Kier alpha value is -2.18. The summed E-state index contributed by atoms with van der Waals surface area (Å²) in [4.78, 5) is 13.3. The third-order valence-corrected chi connectivity index (χ3v) is 2.04. The number of aromatic amines is 1. The van der Waals surface area contributed by atoms with Crippen molar-refractivity contribution in [3.63, 3.8) is 0 Å². The molecule has 0 aliphatic heterocycles. The second-order valence-corrected chi connectivity index (χ2v) is 3.25. The molecule has 7 heteroatoms. The van der Waals surface area contributed by atoms with Crippen LogP contribution in [0.15, 0.2) is 29.1 Å². The lowest BCUT2D eigenvalue weighted by atomic mass is 10.2. The van der Waals surface area contributed by atoms with Crippen molar-refractivity contribution in [2.24, 2.45) is 0 Å². The van der Waals surface area contributed by atoms with Crippen molar-refractivity contribution in [1.82, 2.24) is 4.98 Å². The lowest BCUT2D eigenvalue weighted by Gasteiger charge is -2.11. The van der Waals surface area contributed by atoms with E-state index in [1.54, 1.807) is 0 Å². The summed E-state index contributed by atoms with van der Waals surface area (Å²) in [5.41, 5.74) is -0.914. The number of para-hydroxylation sites is 1. The van der Waals surface area contributed by atoms with Gasteiger partial charge in [0.25, 0.3) is 5.56 Å². The number of alkyl halides is 3. The number of nitrogens with one attached hydrogen (secondary N) is 1. The van der Waals surface area contributed by atoms with Gasteiger partial charge < -0.3 is 14.8 Å². The molecule has 0 saturated carbocycles. The summed E-state index contributed by atoms with van der Waals surface area (Å²) in [6.07, 6.45) is -4.86. The number of halogens is 3. The van der Waals surface area contributed by atoms with Crippen molar-refractivity contribution in [2.75, 3.05) is 0 Å². The number of ether oxygens (including phenoxy) is 1. The van der Waals surface area contributed by atoms with Crippen LogP contribution in [0.25, 0.3) is 10.9 Å². The minimum Gasteiger partial charge on any atom is -0.507 e. The smallest absolute Gasteiger partial charge is 0.507 e. The number of rotatable bonds is 1. The van der Waals surface area contributed by atoms with E-state index in [-0.39, 0.29) is 10.9 Å². The van der Waals surface area contributed by atoms with Gasteiger partial charge in [0.1, 0.15) is 5.75 Å². The second-order valence-electron chi connectivity index (χ2n) is 3.25. The Morgan fingerprint density at radius 1 is 1.29 bits per heavy atom. The number of H-pyrrole nitrogens is 1. The normalized spacial score (nSPS) is 11.7. The summed E-state index contributed by atoms with van der Waals surface area (Å²) in [5, 5.41) is 9.49. The molecule has 4 nitrogen and oxygen atoms in total. The predicted octanol–water partition coefficient (Wildman–Crippen LogP) is 2.13. The third kappa shape index (κ3) is 2.32. The van der Waals surface area contributed by atoms with E-state index < -0.39 is 23.4 Å². The fourth-order valence-electron chi connectivity index (χ4n) is 1.44. The van der Waals surface area contributed by atoms with Crippen LogP contribution in [0.1, 0.15) is 0 Å². The van der Waals surface area contributed by atoms with Crippen LogP contribution in [0.3, 0.4) is 0 Å². The zero-order chi connectivity index (χ0) is 12.6. The molecular weight excluding hydrogens is 239 g/mol. The van der Waals surface area contributed by atoms with Gasteiger partial charge in [-0.1, -0.05) is 6.07 Å². The summed E-state index contributed by atoms with van der Waals surface area (Å²) in [7, 11) is 0. The molecule has 0 radical (unpaired) electrons. The Kier molecular flexibility index (Phi) is 2.45. The number of hydrogen-bond donors (Lipinski definition) is 2. The monoisotopic (exact) mass is 245 g/mol. The molecule has 1 aromatic heterocycles. The van der Waals surface area contributed by atoms with Gasteiger partial charge in [-0.3, -0.25) is 4.79 Å². The average Bonchev–Trinajstić information content (AvgIpc) is 2.17. The number of aromatic nitrogens is 1. The molecule has 0 bridgehead atoms. The quantitative estimate of drug-likeness (QED) is 0.809. The van der Waals surface area contributed by atoms with Crippen molar-refractivity contribution < 1.29 is 23.0 Å². The minimum absolute atomic E-state index is 0.0753. The number of pyridine rings is 1. The first-order valence-corrected chi connectivity index (χ1v) is 4.47. The van der Waals surface area contributed by atoms with Crippen LogP contribution in [-0.4, -0.2) is 16.5 Å². The predicted molar refractivity (Wildman–Crippen MR) is 52.9 cm³/mol. The van der Waals surface area contributed by atoms with Crippen molar-refractivity contribution in [3.8, 4) is 11.5 Å². The molecule has 0 amide bonds. The van der Waals surface area contributed by atoms with Crippen LogP contribution in [0, 0.1) is 0 Å². The highest BCUT2D eigenvalue weighted by Gasteiger charge is 2.32. The topological polar surface area (TPSA) is 62.3 Å². The van der Waals surface area contributed by atoms with E-state index in [2.05, 4.69) is 9.72 Å². The maximum atomic E-state index is 12.1. The largest absolute Gasteiger partial charge is 0.573 e. The fourth-order valence-corrected chi connectivity index (χ4v) is 1.44. The highest BCUT2D eigenvalue weighted by atomic mass is 19.4. The summed E-state index contributed by atoms with van der Waals surface area (Å²) < 4.78 is 40.0. The molecule has 0 aliphatic rings. The van der Waals surface area contributed by atoms with Gasteiger partial charge in [-0.2, -0.15) is 0 Å². The van der Waals surface area contributed by atoms with Gasteiger partial charge in [0.15, 0.2) is 5.75 Å². The van der Waals surface area contributed by atoms with E-state index in [1.807, 2.05) is 0 Å². The van der Waals surface area contributed by atoms with E-state index in [0.29, 0.717) is 0 Å². The van der Waals surface area contributed by atoms with Crippen LogP contribution in [-0.2, 0) is 0 Å². The van der Waals surface area contributed by atoms with Crippen molar-refractivity contribution >= 4 is 10.9 Å². The number of aromatic hydroxyl groups is 1. The van der Waals surface area contributed by atoms with Gasteiger partial charge in [0.05, 0.1) is 5.52 Å². The van der Waals surface area contributed by atoms with Gasteiger partial charge in [-0.15, -0.1) is 13.2 Å². The molecule has 90 valence electrons. The minimum atomic E-state index is -4.86. The lowest BCUT2D eigenvalue weighted by Crippen LogP contribution is -2.18. The van der Waals surface area contributed by atoms with Crippen LogP contribution >= 0.6 is 0 Å². The first-order valence-electron chi connectivity index (χ1n) is 4.47. The van der Waals surface area contributed by atoms with Crippen LogP contribution in [0.5, 0.6) is 11.5 Å². The Morgan fingerprint density at radius 2 is 2.00 bits per heavy atom. The molecule has 0 atom stereocenters. The molecule has 0 fully saturated rings. The highest BCUT2D eigenvalue weighted by molar-refractivity contribution is 5.89. The van der Waals surface area contributed by atoms with Gasteiger partial charge in [0.2, 0.25) is 0 Å². The molecule has 1 aromatic carbocycles.